The molecule has 1 aliphatic heterocycles. The van der Waals surface area contributed by atoms with E-state index in [-0.39, 0.29) is 18.1 Å². The predicted molar refractivity (Wildman–Crippen MR) is 59.6 cm³/mol. The highest BCUT2D eigenvalue weighted by Crippen LogP contribution is 1.99. The van der Waals surface area contributed by atoms with Crippen molar-refractivity contribution in [3.63, 3.8) is 0 Å². The highest BCUT2D eigenvalue weighted by Gasteiger charge is 2.20. The summed E-state index contributed by atoms with van der Waals surface area (Å²) in [5, 5.41) is 6.15. The van der Waals surface area contributed by atoms with Crippen LogP contribution in [0.25, 0.3) is 0 Å². The number of hydrogen-bond acceptors (Lipinski definition) is 3. The van der Waals surface area contributed by atoms with Crippen molar-refractivity contribution in [3.8, 4) is 0 Å². The summed E-state index contributed by atoms with van der Waals surface area (Å²) in [6.07, 6.45) is 3.20. The molecule has 2 unspecified atom stereocenters. The summed E-state index contributed by atoms with van der Waals surface area (Å²) in [6, 6.07) is 0.267. The molecule has 1 saturated heterocycles. The topological polar surface area (TPSA) is 50.4 Å². The summed E-state index contributed by atoms with van der Waals surface area (Å²) in [4.78, 5) is 11.6. The van der Waals surface area contributed by atoms with Gasteiger partial charge in [-0.1, -0.05) is 6.08 Å². The second kappa shape index (κ2) is 6.58. The second-order valence-corrected chi connectivity index (χ2v) is 3.79. The first-order valence-corrected chi connectivity index (χ1v) is 5.47. The van der Waals surface area contributed by atoms with E-state index in [4.69, 9.17) is 4.74 Å². The lowest BCUT2D eigenvalue weighted by Gasteiger charge is -2.16. The fourth-order valence-corrected chi connectivity index (χ4v) is 1.50. The van der Waals surface area contributed by atoms with E-state index in [1.807, 2.05) is 0 Å². The Labute approximate surface area is 91.1 Å². The van der Waals surface area contributed by atoms with Crippen molar-refractivity contribution >= 4 is 5.91 Å². The van der Waals surface area contributed by atoms with Gasteiger partial charge in [-0.2, -0.15) is 0 Å². The molecular formula is C11H20N2O2. The van der Waals surface area contributed by atoms with Gasteiger partial charge in [0.25, 0.3) is 0 Å². The summed E-state index contributed by atoms with van der Waals surface area (Å²) < 4.78 is 5.35. The van der Waals surface area contributed by atoms with Gasteiger partial charge in [-0.15, -0.1) is 6.58 Å². The molecule has 2 N–H and O–H groups in total. The molecule has 0 saturated carbocycles. The minimum absolute atomic E-state index is 0.0206. The number of nitrogens with one attached hydrogen (secondary N) is 2. The van der Waals surface area contributed by atoms with Gasteiger partial charge in [0.15, 0.2) is 0 Å². The standard InChI is InChI=1S/C11H20N2O2/c1-3-4-7-15-9(2)11(14)13-10-5-6-12-8-10/h3,9-10,12H,1,4-8H2,2H3,(H,13,14). The fraction of sp³-hybridized carbons (Fsp3) is 0.727. The molecule has 4 heteroatoms. The third-order valence-corrected chi connectivity index (χ3v) is 2.47. The molecular weight excluding hydrogens is 192 g/mol. The van der Waals surface area contributed by atoms with Crippen molar-refractivity contribution in [2.24, 2.45) is 0 Å². The van der Waals surface area contributed by atoms with Crippen molar-refractivity contribution in [1.82, 2.24) is 10.6 Å². The quantitative estimate of drug-likeness (QED) is 0.496. The Morgan fingerprint density at radius 3 is 3.20 bits per heavy atom. The molecule has 0 aromatic heterocycles. The van der Waals surface area contributed by atoms with E-state index in [9.17, 15) is 4.79 Å². The second-order valence-electron chi connectivity index (χ2n) is 3.79. The van der Waals surface area contributed by atoms with E-state index in [0.717, 1.165) is 25.9 Å². The van der Waals surface area contributed by atoms with Crippen LogP contribution in [0.5, 0.6) is 0 Å². The van der Waals surface area contributed by atoms with Crippen LogP contribution in [0.4, 0.5) is 0 Å². The number of rotatable bonds is 6. The molecule has 15 heavy (non-hydrogen) atoms. The zero-order valence-corrected chi connectivity index (χ0v) is 9.29. The largest absolute Gasteiger partial charge is 0.368 e. The van der Waals surface area contributed by atoms with Crippen LogP contribution < -0.4 is 10.6 Å². The minimum Gasteiger partial charge on any atom is -0.368 e. The molecule has 0 aromatic carbocycles. The van der Waals surface area contributed by atoms with E-state index < -0.39 is 0 Å². The molecule has 0 aromatic rings. The van der Waals surface area contributed by atoms with Crippen molar-refractivity contribution in [2.75, 3.05) is 19.7 Å². The Bertz CT molecular complexity index is 213. The summed E-state index contributed by atoms with van der Waals surface area (Å²) in [5.74, 6) is -0.0206. The van der Waals surface area contributed by atoms with Gasteiger partial charge in [0, 0.05) is 12.6 Å². The van der Waals surface area contributed by atoms with Gasteiger partial charge in [-0.05, 0) is 26.3 Å². The summed E-state index contributed by atoms with van der Waals surface area (Å²) in [5.41, 5.74) is 0. The molecule has 2 atom stereocenters. The van der Waals surface area contributed by atoms with Gasteiger partial charge in [-0.3, -0.25) is 4.79 Å². The Morgan fingerprint density at radius 1 is 1.80 bits per heavy atom. The van der Waals surface area contributed by atoms with Crippen LogP contribution in [-0.2, 0) is 9.53 Å². The van der Waals surface area contributed by atoms with Gasteiger partial charge in [0.2, 0.25) is 5.91 Å². The Balaban J connectivity index is 2.16. The normalized spacial score (nSPS) is 22.3. The first kappa shape index (κ1) is 12.2. The van der Waals surface area contributed by atoms with E-state index in [0.29, 0.717) is 6.61 Å². The Hall–Kier alpha value is -0.870. The van der Waals surface area contributed by atoms with Crippen molar-refractivity contribution in [2.45, 2.75) is 31.9 Å². The lowest BCUT2D eigenvalue weighted by Crippen LogP contribution is -2.42. The minimum atomic E-state index is -0.370. The number of amides is 1. The third kappa shape index (κ3) is 4.44. The van der Waals surface area contributed by atoms with Crippen molar-refractivity contribution in [1.29, 1.82) is 0 Å². The molecule has 0 radical (unpaired) electrons. The van der Waals surface area contributed by atoms with Gasteiger partial charge in [0.1, 0.15) is 6.10 Å². The van der Waals surface area contributed by atoms with Gasteiger partial charge < -0.3 is 15.4 Å². The van der Waals surface area contributed by atoms with Crippen LogP contribution in [0.15, 0.2) is 12.7 Å². The van der Waals surface area contributed by atoms with Crippen LogP contribution in [0.1, 0.15) is 19.8 Å². The maximum atomic E-state index is 11.6. The third-order valence-electron chi connectivity index (χ3n) is 2.47. The summed E-state index contributed by atoms with van der Waals surface area (Å²) in [6.45, 7) is 7.78. The predicted octanol–water partition coefficient (Wildman–Crippen LogP) is 0.446. The molecule has 4 nitrogen and oxygen atoms in total. The molecule has 0 spiro atoms. The molecule has 1 rings (SSSR count). The maximum absolute atomic E-state index is 11.6. The molecule has 1 aliphatic rings. The van der Waals surface area contributed by atoms with E-state index in [2.05, 4.69) is 17.2 Å². The molecule has 0 bridgehead atoms. The molecule has 1 heterocycles. The lowest BCUT2D eigenvalue weighted by atomic mass is 10.2. The average Bonchev–Trinajstić information content (AvgIpc) is 2.70. The van der Waals surface area contributed by atoms with Gasteiger partial charge >= 0.3 is 0 Å². The molecule has 86 valence electrons. The zero-order valence-electron chi connectivity index (χ0n) is 9.29. The zero-order chi connectivity index (χ0) is 11.1. The van der Waals surface area contributed by atoms with Crippen LogP contribution in [0.2, 0.25) is 0 Å². The smallest absolute Gasteiger partial charge is 0.249 e. The summed E-state index contributed by atoms with van der Waals surface area (Å²) in [7, 11) is 0. The number of ether oxygens (including phenoxy) is 1. The van der Waals surface area contributed by atoms with Crippen LogP contribution >= 0.6 is 0 Å². The number of hydrogen-bond donors (Lipinski definition) is 2. The van der Waals surface area contributed by atoms with E-state index in [1.165, 1.54) is 0 Å². The Kier molecular flexibility index (Phi) is 5.36. The number of carbonyl (C=O) groups excluding carboxylic acids is 1. The lowest BCUT2D eigenvalue weighted by molar-refractivity contribution is -0.132. The highest BCUT2D eigenvalue weighted by molar-refractivity contribution is 5.80. The SMILES string of the molecule is C=CCCOC(C)C(=O)NC1CCNC1. The van der Waals surface area contributed by atoms with Gasteiger partial charge in [0.05, 0.1) is 6.61 Å². The summed E-state index contributed by atoms with van der Waals surface area (Å²) >= 11 is 0. The van der Waals surface area contributed by atoms with Crippen molar-refractivity contribution in [3.05, 3.63) is 12.7 Å². The maximum Gasteiger partial charge on any atom is 0.249 e. The first-order chi connectivity index (χ1) is 7.24. The van der Waals surface area contributed by atoms with Gasteiger partial charge in [-0.25, -0.2) is 0 Å². The Morgan fingerprint density at radius 2 is 2.60 bits per heavy atom. The highest BCUT2D eigenvalue weighted by atomic mass is 16.5. The van der Waals surface area contributed by atoms with E-state index >= 15 is 0 Å². The molecule has 1 fully saturated rings. The monoisotopic (exact) mass is 212 g/mol. The van der Waals surface area contributed by atoms with Crippen LogP contribution in [0, 0.1) is 0 Å². The first-order valence-electron chi connectivity index (χ1n) is 5.47. The number of carbonyl (C=O) groups is 1. The average molecular weight is 212 g/mol. The molecule has 1 amide bonds. The fourth-order valence-electron chi connectivity index (χ4n) is 1.50. The van der Waals surface area contributed by atoms with Crippen LogP contribution in [-0.4, -0.2) is 37.7 Å². The van der Waals surface area contributed by atoms with Crippen molar-refractivity contribution < 1.29 is 9.53 Å². The molecule has 0 aliphatic carbocycles. The van der Waals surface area contributed by atoms with E-state index in [1.54, 1.807) is 13.0 Å². The van der Waals surface area contributed by atoms with Crippen LogP contribution in [0.3, 0.4) is 0 Å².